The molecule has 0 atom stereocenters. The van der Waals surface area contributed by atoms with Crippen LogP contribution >= 0.6 is 0 Å². The van der Waals surface area contributed by atoms with Crippen LogP contribution < -0.4 is 0 Å². The molecule has 19 heavy (non-hydrogen) atoms. The van der Waals surface area contributed by atoms with Crippen LogP contribution in [-0.4, -0.2) is 28.9 Å². The number of aliphatic carboxylic acids is 1. The topological polar surface area (TPSA) is 70.8 Å². The first-order valence-electron chi connectivity index (χ1n) is 6.21. The van der Waals surface area contributed by atoms with Crippen molar-refractivity contribution in [3.63, 3.8) is 0 Å². The van der Waals surface area contributed by atoms with Crippen molar-refractivity contribution >= 4 is 11.9 Å². The number of amides is 1. The van der Waals surface area contributed by atoms with E-state index in [2.05, 4.69) is 0 Å². The van der Waals surface area contributed by atoms with Gasteiger partial charge >= 0.3 is 5.97 Å². The average molecular weight is 267 g/mol. The van der Waals surface area contributed by atoms with Crippen LogP contribution in [0.4, 0.5) is 0 Å². The summed E-state index contributed by atoms with van der Waals surface area (Å²) >= 11 is 0. The Kier molecular flexibility index (Phi) is 4.75. The molecule has 0 aliphatic heterocycles. The highest BCUT2D eigenvalue weighted by atomic mass is 16.4. The zero-order valence-electron chi connectivity index (χ0n) is 11.9. The molecule has 5 heteroatoms. The lowest BCUT2D eigenvalue weighted by molar-refractivity contribution is -0.140. The van der Waals surface area contributed by atoms with Crippen molar-refractivity contribution in [2.45, 2.75) is 40.2 Å². The van der Waals surface area contributed by atoms with Gasteiger partial charge in [-0.2, -0.15) is 0 Å². The van der Waals surface area contributed by atoms with E-state index in [0.29, 0.717) is 6.54 Å². The van der Waals surface area contributed by atoms with E-state index in [-0.39, 0.29) is 18.7 Å². The van der Waals surface area contributed by atoms with E-state index in [1.165, 1.54) is 0 Å². The first-order valence-corrected chi connectivity index (χ1v) is 6.21. The van der Waals surface area contributed by atoms with E-state index in [1.54, 1.807) is 25.8 Å². The van der Waals surface area contributed by atoms with Crippen molar-refractivity contribution in [3.8, 4) is 0 Å². The third-order valence-corrected chi connectivity index (χ3v) is 2.87. The maximum atomic E-state index is 12.0. The molecule has 0 aliphatic rings. The normalized spacial score (nSPS) is 11.4. The van der Waals surface area contributed by atoms with Gasteiger partial charge in [-0.25, -0.2) is 0 Å². The van der Waals surface area contributed by atoms with E-state index < -0.39 is 11.4 Å². The standard InChI is InChI=1S/C14H21NO4/c1-10-5-6-11(19-10)9-15(4)12(16)7-14(2,3)8-13(17)18/h5-6H,7-9H2,1-4H3,(H,17,18). The van der Waals surface area contributed by atoms with Crippen molar-refractivity contribution in [1.29, 1.82) is 0 Å². The summed E-state index contributed by atoms with van der Waals surface area (Å²) in [6.45, 7) is 5.81. The SMILES string of the molecule is Cc1ccc(CN(C)C(=O)CC(C)(C)CC(=O)O)o1. The Labute approximate surface area is 113 Å². The lowest BCUT2D eigenvalue weighted by atomic mass is 9.85. The number of rotatable bonds is 6. The molecule has 1 rings (SSSR count). The Morgan fingerprint density at radius 3 is 2.42 bits per heavy atom. The van der Waals surface area contributed by atoms with Crippen LogP contribution in [0, 0.1) is 12.3 Å². The van der Waals surface area contributed by atoms with Gasteiger partial charge in [-0.1, -0.05) is 13.8 Å². The van der Waals surface area contributed by atoms with Gasteiger partial charge in [0.1, 0.15) is 11.5 Å². The van der Waals surface area contributed by atoms with Gasteiger partial charge in [0.25, 0.3) is 0 Å². The molecule has 0 saturated carbocycles. The molecule has 0 radical (unpaired) electrons. The van der Waals surface area contributed by atoms with Gasteiger partial charge in [0.2, 0.25) is 5.91 Å². The predicted octanol–water partition coefficient (Wildman–Crippen LogP) is 2.44. The second-order valence-electron chi connectivity index (χ2n) is 5.67. The van der Waals surface area contributed by atoms with Gasteiger partial charge in [-0.3, -0.25) is 9.59 Å². The van der Waals surface area contributed by atoms with E-state index in [0.717, 1.165) is 11.5 Å². The number of hydrogen-bond acceptors (Lipinski definition) is 3. The highest BCUT2D eigenvalue weighted by Gasteiger charge is 2.26. The second-order valence-corrected chi connectivity index (χ2v) is 5.67. The highest BCUT2D eigenvalue weighted by molar-refractivity contribution is 5.77. The summed E-state index contributed by atoms with van der Waals surface area (Å²) in [4.78, 5) is 24.3. The van der Waals surface area contributed by atoms with E-state index in [1.807, 2.05) is 19.1 Å². The van der Waals surface area contributed by atoms with Crippen molar-refractivity contribution in [3.05, 3.63) is 23.7 Å². The number of carboxylic acids is 1. The fourth-order valence-electron chi connectivity index (χ4n) is 1.91. The Bertz CT molecular complexity index is 462. The Morgan fingerprint density at radius 1 is 1.32 bits per heavy atom. The Hall–Kier alpha value is -1.78. The molecule has 1 N–H and O–H groups in total. The maximum Gasteiger partial charge on any atom is 0.303 e. The summed E-state index contributed by atoms with van der Waals surface area (Å²) in [7, 11) is 1.69. The van der Waals surface area contributed by atoms with Crippen LogP contribution in [0.5, 0.6) is 0 Å². The highest BCUT2D eigenvalue weighted by Crippen LogP contribution is 2.26. The smallest absolute Gasteiger partial charge is 0.303 e. The number of furan rings is 1. The quantitative estimate of drug-likeness (QED) is 0.859. The van der Waals surface area contributed by atoms with Gasteiger partial charge in [-0.05, 0) is 24.5 Å². The van der Waals surface area contributed by atoms with Gasteiger partial charge in [0.05, 0.1) is 13.0 Å². The molecule has 0 aromatic carbocycles. The molecule has 106 valence electrons. The molecule has 1 amide bonds. The third kappa shape index (κ3) is 5.16. The molecule has 0 unspecified atom stereocenters. The number of carboxylic acid groups (broad SMARTS) is 1. The summed E-state index contributed by atoms with van der Waals surface area (Å²) in [5.74, 6) is 0.564. The van der Waals surface area contributed by atoms with Crippen molar-refractivity contribution in [2.24, 2.45) is 5.41 Å². The molecule has 0 fully saturated rings. The lowest BCUT2D eigenvalue weighted by Gasteiger charge is -2.25. The van der Waals surface area contributed by atoms with E-state index in [9.17, 15) is 9.59 Å². The largest absolute Gasteiger partial charge is 0.481 e. The number of nitrogens with zero attached hydrogens (tertiary/aromatic N) is 1. The fourth-order valence-corrected chi connectivity index (χ4v) is 1.91. The van der Waals surface area contributed by atoms with Gasteiger partial charge in [-0.15, -0.1) is 0 Å². The zero-order valence-corrected chi connectivity index (χ0v) is 11.9. The molecule has 0 spiro atoms. The lowest BCUT2D eigenvalue weighted by Crippen LogP contribution is -2.31. The third-order valence-electron chi connectivity index (χ3n) is 2.87. The monoisotopic (exact) mass is 267 g/mol. The molecular weight excluding hydrogens is 246 g/mol. The molecule has 1 aromatic rings. The number of carbonyl (C=O) groups excluding carboxylic acids is 1. The van der Waals surface area contributed by atoms with Crippen LogP contribution in [0.2, 0.25) is 0 Å². The first kappa shape index (κ1) is 15.3. The van der Waals surface area contributed by atoms with E-state index in [4.69, 9.17) is 9.52 Å². The van der Waals surface area contributed by atoms with Crippen LogP contribution in [0.25, 0.3) is 0 Å². The first-order chi connectivity index (χ1) is 8.69. The Balaban J connectivity index is 2.55. The summed E-state index contributed by atoms with van der Waals surface area (Å²) in [5.41, 5.74) is -0.545. The van der Waals surface area contributed by atoms with Crippen LogP contribution in [0.1, 0.15) is 38.2 Å². The van der Waals surface area contributed by atoms with Gasteiger partial charge in [0.15, 0.2) is 0 Å². The van der Waals surface area contributed by atoms with Crippen molar-refractivity contribution in [1.82, 2.24) is 4.90 Å². The van der Waals surface area contributed by atoms with E-state index >= 15 is 0 Å². The van der Waals surface area contributed by atoms with Crippen molar-refractivity contribution < 1.29 is 19.1 Å². The zero-order chi connectivity index (χ0) is 14.6. The van der Waals surface area contributed by atoms with Crippen LogP contribution in [0.15, 0.2) is 16.5 Å². The minimum Gasteiger partial charge on any atom is -0.481 e. The number of hydrogen-bond donors (Lipinski definition) is 1. The molecule has 1 aromatic heterocycles. The molecule has 0 saturated heterocycles. The molecule has 1 heterocycles. The molecular formula is C14H21NO4. The summed E-state index contributed by atoms with van der Waals surface area (Å²) in [6, 6.07) is 3.68. The molecule has 0 bridgehead atoms. The van der Waals surface area contributed by atoms with Gasteiger partial charge < -0.3 is 14.4 Å². The van der Waals surface area contributed by atoms with Crippen LogP contribution in [-0.2, 0) is 16.1 Å². The van der Waals surface area contributed by atoms with Crippen molar-refractivity contribution in [2.75, 3.05) is 7.05 Å². The summed E-state index contributed by atoms with van der Waals surface area (Å²) in [5, 5.41) is 8.80. The van der Waals surface area contributed by atoms with Gasteiger partial charge in [0, 0.05) is 13.5 Å². The minimum absolute atomic E-state index is 0.0214. The number of aryl methyl sites for hydroxylation is 1. The second kappa shape index (κ2) is 5.91. The minimum atomic E-state index is -0.887. The average Bonchev–Trinajstić information content (AvgIpc) is 2.60. The number of carbonyl (C=O) groups is 2. The summed E-state index contributed by atoms with van der Waals surface area (Å²) in [6.07, 6.45) is 0.182. The van der Waals surface area contributed by atoms with Crippen LogP contribution in [0.3, 0.4) is 0 Å². The molecule has 0 aliphatic carbocycles. The molecule has 5 nitrogen and oxygen atoms in total. The Morgan fingerprint density at radius 2 is 1.95 bits per heavy atom. The fraction of sp³-hybridized carbons (Fsp3) is 0.571. The maximum absolute atomic E-state index is 12.0. The predicted molar refractivity (Wildman–Crippen MR) is 70.6 cm³/mol. The summed E-state index contributed by atoms with van der Waals surface area (Å²) < 4.78 is 5.41.